The van der Waals surface area contributed by atoms with E-state index in [-0.39, 0.29) is 24.9 Å². The van der Waals surface area contributed by atoms with Crippen LogP contribution in [-0.4, -0.2) is 46.9 Å². The molecule has 0 spiro atoms. The molecule has 6 nitrogen and oxygen atoms in total. The summed E-state index contributed by atoms with van der Waals surface area (Å²) < 4.78 is 5.89. The molecule has 6 heteroatoms. The van der Waals surface area contributed by atoms with Gasteiger partial charge < -0.3 is 20.3 Å². The molecule has 0 aliphatic heterocycles. The molecule has 0 aliphatic rings. The second-order valence-electron chi connectivity index (χ2n) is 15.5. The topological polar surface area (TPSA) is 95.9 Å². The monoisotopic (exact) mass is 770 g/mol. The molecule has 0 aliphatic carbocycles. The molecular weight excluding hydrogens is 683 g/mol. The van der Waals surface area contributed by atoms with E-state index in [4.69, 9.17) is 4.74 Å². The SMILES string of the molecule is CC/C=C/C=C/C=C/CCCCCCCC(CC(=O)NC(CO)C(O)CCCCCCCCCCC)OC(=O)CCCCCCCCC/C=C/C/C=C/CC. The Morgan fingerprint density at radius 3 is 1.67 bits per heavy atom. The predicted molar refractivity (Wildman–Crippen MR) is 236 cm³/mol. The molecule has 1 amide bonds. The standard InChI is InChI=1S/C49H87NO5/c1-4-7-10-13-16-19-21-23-25-27-30-33-36-39-42-49(54)55-45(40-37-34-31-29-26-24-22-20-17-14-11-8-5-2)43-48(53)50-46(44-51)47(52)41-38-35-32-28-18-15-12-9-6-3/h7-8,10-11,14,16-17,19-20,22,45-47,51-52H,4-6,9,12-13,15,18,21,23-44H2,1-3H3,(H,50,53)/b10-7+,11-8+,17-14+,19-16+,22-20+. The van der Waals surface area contributed by atoms with Crippen molar-refractivity contribution < 1.29 is 24.5 Å². The van der Waals surface area contributed by atoms with Crippen LogP contribution in [0.1, 0.15) is 213 Å². The van der Waals surface area contributed by atoms with Crippen LogP contribution < -0.4 is 5.32 Å². The molecule has 3 N–H and O–H groups in total. The maximum Gasteiger partial charge on any atom is 0.306 e. The van der Waals surface area contributed by atoms with Gasteiger partial charge in [-0.1, -0.05) is 191 Å². The summed E-state index contributed by atoms with van der Waals surface area (Å²) in [6, 6.07) is -0.709. The molecule has 3 unspecified atom stereocenters. The summed E-state index contributed by atoms with van der Waals surface area (Å²) in [6.45, 7) is 6.21. The molecular formula is C49H87NO5. The Balaban J connectivity index is 4.64. The first-order chi connectivity index (χ1) is 27.0. The second kappa shape index (κ2) is 42.7. The van der Waals surface area contributed by atoms with Crippen LogP contribution in [0.15, 0.2) is 60.8 Å². The van der Waals surface area contributed by atoms with Gasteiger partial charge in [-0.15, -0.1) is 0 Å². The van der Waals surface area contributed by atoms with Gasteiger partial charge in [-0.3, -0.25) is 9.59 Å². The zero-order valence-electron chi connectivity index (χ0n) is 36.0. The van der Waals surface area contributed by atoms with Crippen molar-refractivity contribution in [1.29, 1.82) is 0 Å². The molecule has 55 heavy (non-hydrogen) atoms. The maximum atomic E-state index is 13.1. The Hall–Kier alpha value is -2.44. The van der Waals surface area contributed by atoms with Gasteiger partial charge in [0.1, 0.15) is 6.10 Å². The van der Waals surface area contributed by atoms with Crippen LogP contribution in [0.25, 0.3) is 0 Å². The lowest BCUT2D eigenvalue weighted by molar-refractivity contribution is -0.151. The molecule has 3 atom stereocenters. The van der Waals surface area contributed by atoms with Crippen LogP contribution in [0.5, 0.6) is 0 Å². The highest BCUT2D eigenvalue weighted by molar-refractivity contribution is 5.77. The summed E-state index contributed by atoms with van der Waals surface area (Å²) in [7, 11) is 0. The largest absolute Gasteiger partial charge is 0.462 e. The molecule has 0 saturated heterocycles. The number of hydrogen-bond acceptors (Lipinski definition) is 5. The third kappa shape index (κ3) is 38.2. The summed E-state index contributed by atoms with van der Waals surface area (Å²) in [5.74, 6) is -0.508. The van der Waals surface area contributed by atoms with Gasteiger partial charge in [-0.2, -0.15) is 0 Å². The first-order valence-corrected chi connectivity index (χ1v) is 23.0. The van der Waals surface area contributed by atoms with Gasteiger partial charge in [0.15, 0.2) is 0 Å². The van der Waals surface area contributed by atoms with E-state index in [9.17, 15) is 19.8 Å². The number of rotatable bonds is 40. The van der Waals surface area contributed by atoms with Crippen LogP contribution in [0.4, 0.5) is 0 Å². The number of aliphatic hydroxyl groups excluding tert-OH is 2. The maximum absolute atomic E-state index is 13.1. The van der Waals surface area contributed by atoms with Gasteiger partial charge in [0.05, 0.1) is 25.2 Å². The van der Waals surface area contributed by atoms with Crippen molar-refractivity contribution in [3.63, 3.8) is 0 Å². The van der Waals surface area contributed by atoms with E-state index in [1.54, 1.807) is 0 Å². The number of aliphatic hydroxyl groups is 2. The van der Waals surface area contributed by atoms with E-state index < -0.39 is 18.2 Å². The number of amides is 1. The first-order valence-electron chi connectivity index (χ1n) is 23.0. The van der Waals surface area contributed by atoms with Crippen LogP contribution in [0, 0.1) is 0 Å². The molecule has 0 fully saturated rings. The Labute approximate surface area is 339 Å². The average molecular weight is 770 g/mol. The predicted octanol–water partition coefficient (Wildman–Crippen LogP) is 13.3. The van der Waals surface area contributed by atoms with Gasteiger partial charge in [-0.05, 0) is 70.6 Å². The summed E-state index contributed by atoms with van der Waals surface area (Å²) in [4.78, 5) is 26.0. The molecule has 0 aromatic rings. The van der Waals surface area contributed by atoms with Crippen molar-refractivity contribution >= 4 is 11.9 Å². The van der Waals surface area contributed by atoms with E-state index >= 15 is 0 Å². The van der Waals surface area contributed by atoms with E-state index in [1.165, 1.54) is 64.2 Å². The van der Waals surface area contributed by atoms with Crippen LogP contribution in [-0.2, 0) is 14.3 Å². The third-order valence-corrected chi connectivity index (χ3v) is 10.2. The van der Waals surface area contributed by atoms with Crippen molar-refractivity contribution in [2.24, 2.45) is 0 Å². The molecule has 0 rings (SSSR count). The summed E-state index contributed by atoms with van der Waals surface area (Å²) in [6.07, 6.45) is 51.4. The molecule has 0 bridgehead atoms. The second-order valence-corrected chi connectivity index (χ2v) is 15.5. The lowest BCUT2D eigenvalue weighted by atomic mass is 10.0. The van der Waals surface area contributed by atoms with Gasteiger partial charge >= 0.3 is 5.97 Å². The van der Waals surface area contributed by atoms with Crippen LogP contribution in [0.2, 0.25) is 0 Å². The molecule has 318 valence electrons. The minimum absolute atomic E-state index is 0.0589. The fourth-order valence-corrected chi connectivity index (χ4v) is 6.70. The number of hydrogen-bond donors (Lipinski definition) is 3. The van der Waals surface area contributed by atoms with Crippen LogP contribution in [0.3, 0.4) is 0 Å². The van der Waals surface area contributed by atoms with Gasteiger partial charge in [0, 0.05) is 6.42 Å². The lowest BCUT2D eigenvalue weighted by Gasteiger charge is -2.24. The summed E-state index contributed by atoms with van der Waals surface area (Å²) in [5, 5.41) is 23.6. The van der Waals surface area contributed by atoms with Crippen molar-refractivity contribution in [2.45, 2.75) is 232 Å². The minimum Gasteiger partial charge on any atom is -0.462 e. The van der Waals surface area contributed by atoms with Crippen molar-refractivity contribution in [1.82, 2.24) is 5.32 Å². The summed E-state index contributed by atoms with van der Waals surface area (Å²) >= 11 is 0. The minimum atomic E-state index is -0.793. The van der Waals surface area contributed by atoms with E-state index in [0.29, 0.717) is 19.3 Å². The normalized spacial score (nSPS) is 13.9. The van der Waals surface area contributed by atoms with E-state index in [0.717, 1.165) is 103 Å². The first kappa shape index (κ1) is 52.6. The molecule has 0 aromatic heterocycles. The molecule has 0 saturated carbocycles. The van der Waals surface area contributed by atoms with Crippen molar-refractivity contribution in [2.75, 3.05) is 6.61 Å². The fourth-order valence-electron chi connectivity index (χ4n) is 6.70. The van der Waals surface area contributed by atoms with Gasteiger partial charge in [0.25, 0.3) is 0 Å². The number of esters is 1. The molecule has 0 aromatic carbocycles. The van der Waals surface area contributed by atoms with E-state index in [1.807, 2.05) is 0 Å². The van der Waals surface area contributed by atoms with Gasteiger partial charge in [0.2, 0.25) is 5.91 Å². The van der Waals surface area contributed by atoms with Crippen LogP contribution >= 0.6 is 0 Å². The Kier molecular flexibility index (Phi) is 40.8. The number of carbonyl (C=O) groups excluding carboxylic acids is 2. The Morgan fingerprint density at radius 1 is 0.564 bits per heavy atom. The zero-order valence-corrected chi connectivity index (χ0v) is 36.0. The van der Waals surface area contributed by atoms with Crippen molar-refractivity contribution in [3.8, 4) is 0 Å². The number of allylic oxidation sites excluding steroid dienone is 10. The highest BCUT2D eigenvalue weighted by Gasteiger charge is 2.24. The highest BCUT2D eigenvalue weighted by Crippen LogP contribution is 2.17. The average Bonchev–Trinajstić information content (AvgIpc) is 3.18. The fraction of sp³-hybridized carbons (Fsp3) is 0.755. The lowest BCUT2D eigenvalue weighted by Crippen LogP contribution is -2.46. The Bertz CT molecular complexity index is 999. The third-order valence-electron chi connectivity index (χ3n) is 10.2. The molecule has 0 radical (unpaired) electrons. The van der Waals surface area contributed by atoms with E-state index in [2.05, 4.69) is 86.8 Å². The highest BCUT2D eigenvalue weighted by atomic mass is 16.5. The number of unbranched alkanes of at least 4 members (excludes halogenated alkanes) is 20. The zero-order chi connectivity index (χ0) is 40.3. The number of nitrogens with one attached hydrogen (secondary N) is 1. The van der Waals surface area contributed by atoms with Gasteiger partial charge in [-0.25, -0.2) is 0 Å². The quantitative estimate of drug-likeness (QED) is 0.0250. The smallest absolute Gasteiger partial charge is 0.306 e. The number of ether oxygens (including phenoxy) is 1. The summed E-state index contributed by atoms with van der Waals surface area (Å²) in [5.41, 5.74) is 0. The number of carbonyl (C=O) groups is 2. The van der Waals surface area contributed by atoms with Crippen molar-refractivity contribution in [3.05, 3.63) is 60.8 Å². The Morgan fingerprint density at radius 2 is 1.07 bits per heavy atom. The molecule has 0 heterocycles.